The van der Waals surface area contributed by atoms with Gasteiger partial charge in [0.1, 0.15) is 0 Å². The third-order valence-corrected chi connectivity index (χ3v) is 1.37. The molecule has 0 aliphatic heterocycles. The van der Waals surface area contributed by atoms with Crippen molar-refractivity contribution < 1.29 is 41.1 Å². The molecule has 74 valence electrons. The molecule has 0 aliphatic rings. The quantitative estimate of drug-likeness (QED) is 0.728. The van der Waals surface area contributed by atoms with Gasteiger partial charge < -0.3 is 9.90 Å². The Bertz CT molecular complexity index is 315. The second-order valence-corrected chi connectivity index (χ2v) is 2.26. The predicted molar refractivity (Wildman–Crippen MR) is 35.1 cm³/mol. The smallest absolute Gasteiger partial charge is 0.550 e. The Hall–Kier alpha value is -0.710. The molecule has 0 unspecified atom stereocenters. The predicted octanol–water partition coefficient (Wildman–Crippen LogP) is 0.255. The first-order valence-corrected chi connectivity index (χ1v) is 3.24. The van der Waals surface area contributed by atoms with Gasteiger partial charge in [-0.2, -0.15) is 0 Å². The van der Waals surface area contributed by atoms with Crippen molar-refractivity contribution in [3.8, 4) is 0 Å². The molecule has 0 bridgehead atoms. The van der Waals surface area contributed by atoms with E-state index in [0.29, 0.717) is 0 Å². The van der Waals surface area contributed by atoms with E-state index in [1.54, 1.807) is 0 Å². The summed E-state index contributed by atoms with van der Waals surface area (Å²) in [5.41, 5.74) is -0.199. The van der Waals surface area contributed by atoms with Crippen LogP contribution in [0.3, 0.4) is 0 Å². The molecule has 13 heavy (non-hydrogen) atoms. The normalized spacial score (nSPS) is 9.08. The fraction of sp³-hybridized carbons (Fsp3) is 0.125. The van der Waals surface area contributed by atoms with Gasteiger partial charge in [0.25, 0.3) is 0 Å². The second kappa shape index (κ2) is 5.11. The van der Waals surface area contributed by atoms with E-state index in [1.807, 2.05) is 0 Å². The molecule has 0 aromatic heterocycles. The van der Waals surface area contributed by atoms with Gasteiger partial charge >= 0.3 is 22.4 Å². The van der Waals surface area contributed by atoms with Crippen LogP contribution in [0.5, 0.6) is 0 Å². The van der Waals surface area contributed by atoms with Gasteiger partial charge in [-0.1, -0.05) is 12.1 Å². The average molecular weight is 279 g/mol. The summed E-state index contributed by atoms with van der Waals surface area (Å²) >= 11 is 0. The second-order valence-electron chi connectivity index (χ2n) is 2.26. The molecule has 0 N–H and O–H groups in total. The van der Waals surface area contributed by atoms with Crippen molar-refractivity contribution in [1.82, 2.24) is 0 Å². The fourth-order valence-corrected chi connectivity index (χ4v) is 0.840. The first kappa shape index (κ1) is 12.3. The maximum Gasteiger partial charge on any atom is 1.00 e. The Labute approximate surface area is 89.1 Å². The van der Waals surface area contributed by atoms with Gasteiger partial charge in [-0.25, -0.2) is 8.78 Å². The Balaban J connectivity index is 0.00000144. The molecular formula is C8H5AgF2O2. The van der Waals surface area contributed by atoms with E-state index in [0.717, 1.165) is 6.07 Å². The van der Waals surface area contributed by atoms with Crippen LogP contribution >= 0.6 is 0 Å². The summed E-state index contributed by atoms with van der Waals surface area (Å²) < 4.78 is 25.1. The summed E-state index contributed by atoms with van der Waals surface area (Å²) in [7, 11) is 0. The molecular weight excluding hydrogens is 274 g/mol. The van der Waals surface area contributed by atoms with Gasteiger partial charge in [0.05, 0.1) is 0 Å². The number of hydrogen-bond donors (Lipinski definition) is 0. The van der Waals surface area contributed by atoms with E-state index in [4.69, 9.17) is 0 Å². The standard InChI is InChI=1S/C8H6F2O2.Ag/c9-6-3-1-2-5(8(6)10)4-7(11)12;/h1-3H,4H2,(H,11,12);/q;+1/p-1. The summed E-state index contributed by atoms with van der Waals surface area (Å²) in [5, 5.41) is 10.0. The zero-order valence-corrected chi connectivity index (χ0v) is 7.80. The van der Waals surface area contributed by atoms with Crippen LogP contribution in [0.15, 0.2) is 18.2 Å². The van der Waals surface area contributed by atoms with Crippen LogP contribution in [0.2, 0.25) is 0 Å². The van der Waals surface area contributed by atoms with E-state index < -0.39 is 24.0 Å². The number of rotatable bonds is 2. The van der Waals surface area contributed by atoms with Crippen molar-refractivity contribution in [3.63, 3.8) is 0 Å². The summed E-state index contributed by atoms with van der Waals surface area (Å²) in [5.74, 6) is -3.60. The van der Waals surface area contributed by atoms with Gasteiger partial charge in [0, 0.05) is 12.4 Å². The van der Waals surface area contributed by atoms with Crippen LogP contribution in [0.4, 0.5) is 8.78 Å². The fourth-order valence-electron chi connectivity index (χ4n) is 0.840. The number of carboxylic acids is 1. The minimum absolute atomic E-state index is 0. The Kier molecular flexibility index (Phi) is 4.83. The van der Waals surface area contributed by atoms with Crippen LogP contribution in [0.25, 0.3) is 0 Å². The molecule has 0 atom stereocenters. The minimum Gasteiger partial charge on any atom is -0.550 e. The van der Waals surface area contributed by atoms with Crippen molar-refractivity contribution in [2.45, 2.75) is 6.42 Å². The Morgan fingerprint density at radius 2 is 2.00 bits per heavy atom. The van der Waals surface area contributed by atoms with E-state index >= 15 is 0 Å². The molecule has 0 saturated carbocycles. The summed E-state index contributed by atoms with van der Waals surface area (Å²) in [6.07, 6.45) is -0.608. The largest absolute Gasteiger partial charge is 1.00 e. The van der Waals surface area contributed by atoms with Gasteiger partial charge in [-0.3, -0.25) is 0 Å². The van der Waals surface area contributed by atoms with E-state index in [1.165, 1.54) is 12.1 Å². The SMILES string of the molecule is O=C([O-])Cc1cccc(F)c1F.[Ag+]. The number of halogens is 2. The number of benzene rings is 1. The molecule has 1 aromatic rings. The number of aliphatic carboxylic acids is 1. The molecule has 0 saturated heterocycles. The molecule has 0 aliphatic carbocycles. The average Bonchev–Trinajstić information content (AvgIpc) is 1.98. The zero-order valence-electron chi connectivity index (χ0n) is 6.31. The molecule has 0 spiro atoms. The molecule has 1 aromatic carbocycles. The Morgan fingerprint density at radius 1 is 1.38 bits per heavy atom. The minimum atomic E-state index is -1.43. The van der Waals surface area contributed by atoms with Gasteiger partial charge in [-0.05, 0) is 11.6 Å². The maximum atomic E-state index is 12.7. The van der Waals surface area contributed by atoms with Crippen molar-refractivity contribution in [2.75, 3.05) is 0 Å². The molecule has 2 nitrogen and oxygen atoms in total. The summed E-state index contributed by atoms with van der Waals surface area (Å²) in [6.45, 7) is 0. The van der Waals surface area contributed by atoms with Crippen molar-refractivity contribution in [2.24, 2.45) is 0 Å². The molecule has 1 rings (SSSR count). The van der Waals surface area contributed by atoms with Crippen LogP contribution in [0.1, 0.15) is 5.56 Å². The van der Waals surface area contributed by atoms with Crippen LogP contribution in [-0.4, -0.2) is 5.97 Å². The first-order chi connectivity index (χ1) is 5.61. The molecule has 0 amide bonds. The van der Waals surface area contributed by atoms with Crippen molar-refractivity contribution in [1.29, 1.82) is 0 Å². The van der Waals surface area contributed by atoms with Gasteiger partial charge in [0.15, 0.2) is 11.6 Å². The summed E-state index contributed by atoms with van der Waals surface area (Å²) in [6, 6.07) is 3.37. The van der Waals surface area contributed by atoms with Crippen LogP contribution < -0.4 is 5.11 Å². The topological polar surface area (TPSA) is 40.1 Å². The third-order valence-electron chi connectivity index (χ3n) is 1.37. The van der Waals surface area contributed by atoms with Crippen molar-refractivity contribution in [3.05, 3.63) is 35.4 Å². The van der Waals surface area contributed by atoms with Crippen LogP contribution in [-0.2, 0) is 33.6 Å². The third kappa shape index (κ3) is 3.26. The zero-order chi connectivity index (χ0) is 9.14. The monoisotopic (exact) mass is 278 g/mol. The summed E-state index contributed by atoms with van der Waals surface area (Å²) in [4.78, 5) is 10.0. The number of hydrogen-bond acceptors (Lipinski definition) is 2. The molecule has 5 heteroatoms. The van der Waals surface area contributed by atoms with E-state index in [-0.39, 0.29) is 27.9 Å². The van der Waals surface area contributed by atoms with Crippen molar-refractivity contribution >= 4 is 5.97 Å². The molecule has 0 heterocycles. The number of carbonyl (C=O) groups is 1. The van der Waals surface area contributed by atoms with Gasteiger partial charge in [0.2, 0.25) is 0 Å². The Morgan fingerprint density at radius 3 is 2.54 bits per heavy atom. The number of carbonyl (C=O) groups excluding carboxylic acids is 1. The molecule has 0 radical (unpaired) electrons. The van der Waals surface area contributed by atoms with Crippen LogP contribution in [0, 0.1) is 11.6 Å². The number of carboxylic acid groups (broad SMARTS) is 1. The van der Waals surface area contributed by atoms with E-state index in [9.17, 15) is 18.7 Å². The maximum absolute atomic E-state index is 12.7. The van der Waals surface area contributed by atoms with Gasteiger partial charge in [-0.15, -0.1) is 0 Å². The molecule has 0 fully saturated rings. The van der Waals surface area contributed by atoms with E-state index in [2.05, 4.69) is 0 Å². The first-order valence-electron chi connectivity index (χ1n) is 3.24.